The van der Waals surface area contributed by atoms with E-state index in [0.29, 0.717) is 18.0 Å². The highest BCUT2D eigenvalue weighted by Gasteiger charge is 2.38. The van der Waals surface area contributed by atoms with Crippen molar-refractivity contribution in [2.75, 3.05) is 20.8 Å². The van der Waals surface area contributed by atoms with Gasteiger partial charge >= 0.3 is 12.1 Å². The predicted octanol–water partition coefficient (Wildman–Crippen LogP) is 4.18. The van der Waals surface area contributed by atoms with Crippen LogP contribution in [0.1, 0.15) is 27.3 Å². The molecule has 1 amide bonds. The Hall–Kier alpha value is -4.28. The zero-order valence-electron chi connectivity index (χ0n) is 18.8. The van der Waals surface area contributed by atoms with Gasteiger partial charge in [-0.25, -0.2) is 4.79 Å². The fraction of sp³-hybridized carbons (Fsp3) is 0.208. The number of benzene rings is 1. The molecule has 0 atom stereocenters. The number of carbonyl (C=O) groups excluding carboxylic acids is 1. The van der Waals surface area contributed by atoms with Crippen molar-refractivity contribution < 1.29 is 37.3 Å². The van der Waals surface area contributed by atoms with Gasteiger partial charge in [0.25, 0.3) is 5.91 Å². The summed E-state index contributed by atoms with van der Waals surface area (Å²) < 4.78 is 42.5. The molecule has 3 heterocycles. The van der Waals surface area contributed by atoms with Crippen LogP contribution in [-0.2, 0) is 11.2 Å². The lowest BCUT2D eigenvalue weighted by Gasteiger charge is -2.10. The van der Waals surface area contributed by atoms with E-state index in [-0.39, 0.29) is 5.91 Å². The van der Waals surface area contributed by atoms with Crippen molar-refractivity contribution in [3.05, 3.63) is 65.1 Å². The maximum atomic E-state index is 12.0. The van der Waals surface area contributed by atoms with Crippen LogP contribution in [0, 0.1) is 0 Å². The monoisotopic (exact) mass is 489 g/mol. The molecule has 8 nitrogen and oxygen atoms in total. The highest BCUT2D eigenvalue weighted by molar-refractivity contribution is 5.97. The number of pyridine rings is 1. The average Bonchev–Trinajstić information content (AvgIpc) is 3.28. The third-order valence-electron chi connectivity index (χ3n) is 5.01. The van der Waals surface area contributed by atoms with Crippen molar-refractivity contribution in [2.24, 2.45) is 0 Å². The minimum absolute atomic E-state index is 0.0250. The Balaban J connectivity index is 0.000000429. The van der Waals surface area contributed by atoms with Crippen LogP contribution in [0.5, 0.6) is 11.5 Å². The van der Waals surface area contributed by atoms with Crippen LogP contribution in [0.15, 0.2) is 42.6 Å². The second-order valence-electron chi connectivity index (χ2n) is 7.27. The van der Waals surface area contributed by atoms with Crippen molar-refractivity contribution >= 4 is 24.0 Å². The number of fused-ring (bicyclic) bond motifs is 1. The molecule has 2 aromatic heterocycles. The summed E-state index contributed by atoms with van der Waals surface area (Å²) in [5.74, 6) is -1.42. The molecule has 0 spiro atoms. The topological polar surface area (TPSA) is 114 Å². The van der Waals surface area contributed by atoms with Gasteiger partial charge in [-0.15, -0.1) is 0 Å². The lowest BCUT2D eigenvalue weighted by atomic mass is 10.1. The van der Waals surface area contributed by atoms with Crippen molar-refractivity contribution in [3.8, 4) is 22.8 Å². The molecule has 184 valence electrons. The number of aliphatic carboxylic acids is 1. The van der Waals surface area contributed by atoms with Crippen LogP contribution in [0.4, 0.5) is 13.2 Å². The van der Waals surface area contributed by atoms with E-state index >= 15 is 0 Å². The third kappa shape index (κ3) is 6.19. The van der Waals surface area contributed by atoms with Crippen molar-refractivity contribution in [1.82, 2.24) is 15.3 Å². The molecule has 4 rings (SSSR count). The van der Waals surface area contributed by atoms with Gasteiger partial charge in [-0.1, -0.05) is 12.1 Å². The van der Waals surface area contributed by atoms with Crippen LogP contribution in [0.2, 0.25) is 0 Å². The van der Waals surface area contributed by atoms with E-state index < -0.39 is 12.1 Å². The van der Waals surface area contributed by atoms with E-state index in [2.05, 4.69) is 15.3 Å². The number of carbonyl (C=O) groups is 2. The van der Waals surface area contributed by atoms with Crippen LogP contribution in [0.25, 0.3) is 23.4 Å². The van der Waals surface area contributed by atoms with Gasteiger partial charge in [0.1, 0.15) is 0 Å². The molecule has 0 bridgehead atoms. The zero-order valence-corrected chi connectivity index (χ0v) is 18.8. The minimum Gasteiger partial charge on any atom is -0.493 e. The Morgan fingerprint density at radius 2 is 1.89 bits per heavy atom. The number of methoxy groups -OCH3 is 2. The first-order valence-corrected chi connectivity index (χ1v) is 10.3. The van der Waals surface area contributed by atoms with E-state index in [1.807, 2.05) is 48.6 Å². The molecule has 0 saturated heterocycles. The Morgan fingerprint density at radius 1 is 1.14 bits per heavy atom. The van der Waals surface area contributed by atoms with Crippen LogP contribution in [0.3, 0.4) is 0 Å². The Labute approximate surface area is 198 Å². The number of ether oxygens (including phenoxy) is 2. The number of rotatable bonds is 5. The summed E-state index contributed by atoms with van der Waals surface area (Å²) in [6, 6.07) is 11.5. The zero-order chi connectivity index (χ0) is 25.6. The summed E-state index contributed by atoms with van der Waals surface area (Å²) in [4.78, 5) is 28.7. The second kappa shape index (κ2) is 10.8. The summed E-state index contributed by atoms with van der Waals surface area (Å²) in [7, 11) is 3.24. The van der Waals surface area contributed by atoms with Crippen LogP contribution < -0.4 is 14.8 Å². The molecule has 1 aliphatic heterocycles. The van der Waals surface area contributed by atoms with Gasteiger partial charge in [0.05, 0.1) is 25.5 Å². The van der Waals surface area contributed by atoms with Gasteiger partial charge in [-0.05, 0) is 36.4 Å². The summed E-state index contributed by atoms with van der Waals surface area (Å²) in [5.41, 5.74) is 5.30. The molecule has 0 aliphatic carbocycles. The van der Waals surface area contributed by atoms with Gasteiger partial charge in [0.2, 0.25) is 0 Å². The molecular weight excluding hydrogens is 467 g/mol. The summed E-state index contributed by atoms with van der Waals surface area (Å²) in [6.07, 6.45) is 1.36. The van der Waals surface area contributed by atoms with Gasteiger partial charge in [0.15, 0.2) is 11.5 Å². The number of carboxylic acids is 1. The van der Waals surface area contributed by atoms with Gasteiger partial charge in [-0.3, -0.25) is 9.78 Å². The van der Waals surface area contributed by atoms with Crippen LogP contribution >= 0.6 is 0 Å². The van der Waals surface area contributed by atoms with Crippen molar-refractivity contribution in [1.29, 1.82) is 0 Å². The predicted molar refractivity (Wildman–Crippen MR) is 122 cm³/mol. The number of aromatic nitrogens is 2. The first-order valence-electron chi connectivity index (χ1n) is 10.3. The van der Waals surface area contributed by atoms with E-state index in [0.717, 1.165) is 40.2 Å². The lowest BCUT2D eigenvalue weighted by Crippen LogP contribution is -2.31. The SMILES string of the molecule is COc1cccc(/C=C/c2cc(-c3cc4c([nH]3)CCNC4=O)ccn2)c1OC.O=C(O)C(F)(F)F. The fourth-order valence-electron chi connectivity index (χ4n) is 3.37. The largest absolute Gasteiger partial charge is 0.493 e. The number of hydrogen-bond donors (Lipinski definition) is 3. The van der Waals surface area contributed by atoms with E-state index in [4.69, 9.17) is 19.4 Å². The Morgan fingerprint density at radius 3 is 2.51 bits per heavy atom. The number of hydrogen-bond acceptors (Lipinski definition) is 5. The quantitative estimate of drug-likeness (QED) is 0.496. The van der Waals surface area contributed by atoms with E-state index in [1.165, 1.54) is 0 Å². The van der Waals surface area contributed by atoms with Crippen LogP contribution in [-0.4, -0.2) is 53.9 Å². The maximum absolute atomic E-state index is 12.0. The van der Waals surface area contributed by atoms with Gasteiger partial charge in [0, 0.05) is 41.7 Å². The molecule has 0 radical (unpaired) electrons. The first kappa shape index (κ1) is 25.3. The number of nitrogens with one attached hydrogen (secondary N) is 2. The first-order chi connectivity index (χ1) is 16.6. The average molecular weight is 489 g/mol. The molecule has 1 aromatic carbocycles. The number of H-pyrrole nitrogens is 1. The third-order valence-corrected chi connectivity index (χ3v) is 5.01. The summed E-state index contributed by atoms with van der Waals surface area (Å²) in [5, 5.41) is 9.99. The van der Waals surface area contributed by atoms with Gasteiger partial charge < -0.3 is 24.9 Å². The standard InChI is InChI=1S/C22H21N3O3.C2HF3O2/c1-27-20-5-3-4-14(21(20)28-2)6-7-16-12-15(8-10-23-16)19-13-17-18(25-19)9-11-24-22(17)26;3-2(4,5)1(6)7/h3-8,10,12-13,25H,9,11H2,1-2H3,(H,24,26);(H,6,7)/b7-6+;. The number of amides is 1. The lowest BCUT2D eigenvalue weighted by molar-refractivity contribution is -0.192. The number of alkyl halides is 3. The molecular formula is C24H22F3N3O5. The molecule has 3 aromatic rings. The second-order valence-corrected chi connectivity index (χ2v) is 7.27. The van der Waals surface area contributed by atoms with E-state index in [9.17, 15) is 18.0 Å². The van der Waals surface area contributed by atoms with Gasteiger partial charge in [-0.2, -0.15) is 13.2 Å². The normalized spacial score (nSPS) is 12.9. The molecule has 35 heavy (non-hydrogen) atoms. The smallest absolute Gasteiger partial charge is 0.490 e. The van der Waals surface area contributed by atoms with Crippen molar-refractivity contribution in [2.45, 2.75) is 12.6 Å². The highest BCUT2D eigenvalue weighted by atomic mass is 19.4. The molecule has 0 fully saturated rings. The number of aromatic amines is 1. The maximum Gasteiger partial charge on any atom is 0.490 e. The summed E-state index contributed by atoms with van der Waals surface area (Å²) in [6.45, 7) is 0.665. The highest BCUT2D eigenvalue weighted by Crippen LogP contribution is 2.32. The number of halogens is 3. The fourth-order valence-corrected chi connectivity index (χ4v) is 3.37. The molecule has 11 heteroatoms. The summed E-state index contributed by atoms with van der Waals surface area (Å²) >= 11 is 0. The van der Waals surface area contributed by atoms with E-state index in [1.54, 1.807) is 20.4 Å². The van der Waals surface area contributed by atoms with Crippen molar-refractivity contribution in [3.63, 3.8) is 0 Å². The number of carboxylic acid groups (broad SMARTS) is 1. The molecule has 0 saturated carbocycles. The Kier molecular flexibility index (Phi) is 7.80. The molecule has 0 unspecified atom stereocenters. The molecule has 1 aliphatic rings. The number of para-hydroxylation sites is 1. The minimum atomic E-state index is -5.08. The Bertz CT molecular complexity index is 1250. The molecule has 3 N–H and O–H groups in total. The number of nitrogens with zero attached hydrogens (tertiary/aromatic N) is 1.